The molecule has 0 radical (unpaired) electrons. The Morgan fingerprint density at radius 1 is 1.24 bits per heavy atom. The Hall–Kier alpha value is -2.57. The lowest BCUT2D eigenvalue weighted by atomic mass is 10.1. The van der Waals surface area contributed by atoms with Crippen molar-refractivity contribution in [2.45, 2.75) is 12.5 Å². The number of quaternary nitrogens is 1. The third-order valence-electron chi connectivity index (χ3n) is 5.25. The van der Waals surface area contributed by atoms with Gasteiger partial charge in [-0.1, -0.05) is 18.2 Å². The molecule has 0 spiro atoms. The summed E-state index contributed by atoms with van der Waals surface area (Å²) in [5.41, 5.74) is 1.64. The molecule has 1 aliphatic heterocycles. The van der Waals surface area contributed by atoms with Crippen LogP contribution in [0.15, 0.2) is 55.1 Å². The highest BCUT2D eigenvalue weighted by molar-refractivity contribution is 5.47. The number of hydrogen-bond acceptors (Lipinski definition) is 4. The summed E-state index contributed by atoms with van der Waals surface area (Å²) in [5, 5.41) is 10.4. The molecule has 156 valence electrons. The van der Waals surface area contributed by atoms with Crippen molar-refractivity contribution < 1.29 is 23.9 Å². The molecule has 0 saturated carbocycles. The van der Waals surface area contributed by atoms with Crippen LogP contribution in [0.2, 0.25) is 0 Å². The standard InChI is InChI=1S/C23H29FN2O3/c1-3-6-18-15-20(28-2)9-10-23(18)29-17-19(27)16-25-11-13-26(14-12-25)22-8-5-4-7-21(22)24/h3-5,7-10,15,19,27H,1,6,11-14,16-17H2,2H3/p+1/t19-/m0/s1. The van der Waals surface area contributed by atoms with Gasteiger partial charge in [-0.25, -0.2) is 4.39 Å². The highest BCUT2D eigenvalue weighted by Crippen LogP contribution is 2.25. The third kappa shape index (κ3) is 5.71. The number of nitrogens with one attached hydrogen (secondary N) is 1. The van der Waals surface area contributed by atoms with Crippen molar-refractivity contribution in [2.75, 3.05) is 51.3 Å². The van der Waals surface area contributed by atoms with Gasteiger partial charge in [-0.05, 0) is 36.8 Å². The summed E-state index contributed by atoms with van der Waals surface area (Å²) >= 11 is 0. The lowest BCUT2D eigenvalue weighted by Gasteiger charge is -2.34. The zero-order chi connectivity index (χ0) is 20.6. The lowest BCUT2D eigenvalue weighted by Crippen LogP contribution is -3.16. The van der Waals surface area contributed by atoms with Crippen molar-refractivity contribution in [3.8, 4) is 11.5 Å². The SMILES string of the molecule is C=CCc1cc(OC)ccc1OC[C@@H](O)C[NH+]1CCN(c2ccccc2F)CC1. The number of halogens is 1. The first-order valence-corrected chi connectivity index (χ1v) is 10.0. The van der Waals surface area contributed by atoms with Crippen LogP contribution in [0.4, 0.5) is 10.1 Å². The van der Waals surface area contributed by atoms with E-state index in [-0.39, 0.29) is 12.4 Å². The average molecular weight is 402 g/mol. The molecule has 0 amide bonds. The van der Waals surface area contributed by atoms with E-state index in [2.05, 4.69) is 11.5 Å². The van der Waals surface area contributed by atoms with Gasteiger partial charge < -0.3 is 24.4 Å². The van der Waals surface area contributed by atoms with E-state index in [1.54, 1.807) is 13.2 Å². The summed E-state index contributed by atoms with van der Waals surface area (Å²) in [7, 11) is 1.63. The van der Waals surface area contributed by atoms with Crippen molar-refractivity contribution in [1.29, 1.82) is 0 Å². The summed E-state index contributed by atoms with van der Waals surface area (Å²) in [4.78, 5) is 3.37. The highest BCUT2D eigenvalue weighted by Gasteiger charge is 2.24. The molecular weight excluding hydrogens is 371 g/mol. The predicted molar refractivity (Wildman–Crippen MR) is 113 cm³/mol. The molecule has 2 aromatic rings. The van der Waals surface area contributed by atoms with Gasteiger partial charge in [0.25, 0.3) is 0 Å². The van der Waals surface area contributed by atoms with E-state index in [1.807, 2.05) is 36.4 Å². The zero-order valence-electron chi connectivity index (χ0n) is 16.9. The van der Waals surface area contributed by atoms with Crippen LogP contribution in [0.5, 0.6) is 11.5 Å². The molecule has 0 aliphatic carbocycles. The Balaban J connectivity index is 1.48. The monoisotopic (exact) mass is 401 g/mol. The third-order valence-corrected chi connectivity index (χ3v) is 5.25. The molecule has 2 aromatic carbocycles. The Bertz CT molecular complexity index is 806. The highest BCUT2D eigenvalue weighted by atomic mass is 19.1. The maximum atomic E-state index is 14.0. The molecule has 0 aromatic heterocycles. The molecule has 0 bridgehead atoms. The van der Waals surface area contributed by atoms with E-state index in [0.717, 1.165) is 43.2 Å². The van der Waals surface area contributed by atoms with Crippen LogP contribution in [0, 0.1) is 5.82 Å². The Morgan fingerprint density at radius 3 is 2.69 bits per heavy atom. The van der Waals surface area contributed by atoms with Crippen LogP contribution in [0.25, 0.3) is 0 Å². The lowest BCUT2D eigenvalue weighted by molar-refractivity contribution is -0.903. The minimum Gasteiger partial charge on any atom is -0.497 e. The number of hydrogen-bond donors (Lipinski definition) is 2. The largest absolute Gasteiger partial charge is 0.497 e. The first-order chi connectivity index (χ1) is 14.1. The Labute approximate surface area is 172 Å². The van der Waals surface area contributed by atoms with E-state index in [1.165, 1.54) is 11.0 Å². The number of allylic oxidation sites excluding steroid dienone is 1. The number of anilines is 1. The molecule has 1 fully saturated rings. The van der Waals surface area contributed by atoms with Crippen molar-refractivity contribution in [3.05, 3.63) is 66.5 Å². The Morgan fingerprint density at radius 2 is 2.00 bits per heavy atom. The van der Waals surface area contributed by atoms with Gasteiger partial charge in [-0.15, -0.1) is 6.58 Å². The second-order valence-corrected chi connectivity index (χ2v) is 7.32. The number of piperazine rings is 1. The van der Waals surface area contributed by atoms with Gasteiger partial charge in [0.05, 0.1) is 39.0 Å². The number of methoxy groups -OCH3 is 1. The van der Waals surface area contributed by atoms with Gasteiger partial charge in [0.2, 0.25) is 0 Å². The molecule has 0 unspecified atom stereocenters. The topological polar surface area (TPSA) is 46.4 Å². The first kappa shape index (κ1) is 21.1. The van der Waals surface area contributed by atoms with E-state index in [4.69, 9.17) is 9.47 Å². The summed E-state index contributed by atoms with van der Waals surface area (Å²) in [6, 6.07) is 12.5. The zero-order valence-corrected chi connectivity index (χ0v) is 16.9. The molecule has 3 rings (SSSR count). The minimum absolute atomic E-state index is 0.181. The fourth-order valence-electron chi connectivity index (χ4n) is 3.69. The van der Waals surface area contributed by atoms with Crippen molar-refractivity contribution in [1.82, 2.24) is 0 Å². The van der Waals surface area contributed by atoms with Crippen LogP contribution in [-0.2, 0) is 6.42 Å². The van der Waals surface area contributed by atoms with E-state index in [9.17, 15) is 9.50 Å². The number of nitrogens with zero attached hydrogens (tertiary/aromatic N) is 1. The average Bonchev–Trinajstić information content (AvgIpc) is 2.74. The maximum absolute atomic E-state index is 14.0. The van der Waals surface area contributed by atoms with E-state index < -0.39 is 6.10 Å². The van der Waals surface area contributed by atoms with Gasteiger partial charge >= 0.3 is 0 Å². The molecule has 1 heterocycles. The normalized spacial score (nSPS) is 15.8. The summed E-state index contributed by atoms with van der Waals surface area (Å²) in [6.07, 6.45) is 1.92. The molecule has 1 atom stereocenters. The van der Waals surface area contributed by atoms with Crippen LogP contribution in [-0.4, -0.2) is 57.7 Å². The van der Waals surface area contributed by atoms with Crippen molar-refractivity contribution in [2.24, 2.45) is 0 Å². The van der Waals surface area contributed by atoms with Gasteiger partial charge in [-0.2, -0.15) is 0 Å². The minimum atomic E-state index is -0.566. The van der Waals surface area contributed by atoms with Gasteiger partial charge in [0.1, 0.15) is 36.6 Å². The van der Waals surface area contributed by atoms with Crippen LogP contribution in [0.3, 0.4) is 0 Å². The van der Waals surface area contributed by atoms with Gasteiger partial charge in [-0.3, -0.25) is 0 Å². The fourth-order valence-corrected chi connectivity index (χ4v) is 3.69. The predicted octanol–water partition coefficient (Wildman–Crippen LogP) is 1.71. The quantitative estimate of drug-likeness (QED) is 0.628. The number of benzene rings is 2. The molecule has 29 heavy (non-hydrogen) atoms. The summed E-state index contributed by atoms with van der Waals surface area (Å²) in [5.74, 6) is 1.33. The van der Waals surface area contributed by atoms with E-state index >= 15 is 0 Å². The van der Waals surface area contributed by atoms with Crippen LogP contribution in [0.1, 0.15) is 5.56 Å². The number of aliphatic hydroxyl groups is 1. The van der Waals surface area contributed by atoms with Gasteiger partial charge in [0, 0.05) is 5.56 Å². The second kappa shape index (κ2) is 10.3. The van der Waals surface area contributed by atoms with Gasteiger partial charge in [0.15, 0.2) is 0 Å². The molecule has 2 N–H and O–H groups in total. The van der Waals surface area contributed by atoms with Crippen molar-refractivity contribution in [3.63, 3.8) is 0 Å². The van der Waals surface area contributed by atoms with Crippen molar-refractivity contribution >= 4 is 5.69 Å². The molecule has 1 saturated heterocycles. The summed E-state index contributed by atoms with van der Waals surface area (Å²) in [6.45, 7) is 7.88. The fraction of sp³-hybridized carbons (Fsp3) is 0.391. The summed E-state index contributed by atoms with van der Waals surface area (Å²) < 4.78 is 25.1. The number of para-hydroxylation sites is 1. The molecular formula is C23H30FN2O3+. The van der Waals surface area contributed by atoms with Crippen LogP contribution < -0.4 is 19.3 Å². The van der Waals surface area contributed by atoms with Crippen LogP contribution >= 0.6 is 0 Å². The maximum Gasteiger partial charge on any atom is 0.146 e. The number of ether oxygens (including phenoxy) is 2. The molecule has 5 nitrogen and oxygen atoms in total. The second-order valence-electron chi connectivity index (χ2n) is 7.32. The molecule has 1 aliphatic rings. The number of aliphatic hydroxyl groups excluding tert-OH is 1. The van der Waals surface area contributed by atoms with E-state index in [0.29, 0.717) is 18.7 Å². The Kier molecular flexibility index (Phi) is 7.49. The molecule has 6 heteroatoms. The number of rotatable bonds is 9. The first-order valence-electron chi connectivity index (χ1n) is 10.0. The smallest absolute Gasteiger partial charge is 0.146 e.